The van der Waals surface area contributed by atoms with Gasteiger partial charge in [-0.15, -0.1) is 0 Å². The number of likely N-dealkylation sites (N-methyl/N-ethyl adjacent to an activating group) is 1. The van der Waals surface area contributed by atoms with Gasteiger partial charge in [0, 0.05) is 0 Å². The van der Waals surface area contributed by atoms with Gasteiger partial charge in [-0.25, -0.2) is 0 Å². The Morgan fingerprint density at radius 3 is 2.21 bits per heavy atom. The third-order valence-electron chi connectivity index (χ3n) is 3.32. The molecule has 1 atom stereocenters. The third-order valence-corrected chi connectivity index (χ3v) is 3.32. The van der Waals surface area contributed by atoms with Crippen LogP contribution in [0.2, 0.25) is 0 Å². The lowest BCUT2D eigenvalue weighted by atomic mass is 9.92. The second kappa shape index (κ2) is 6.06. The quantitative estimate of drug-likeness (QED) is 0.887. The van der Waals surface area contributed by atoms with Crippen molar-refractivity contribution < 1.29 is 9.53 Å². The number of methoxy groups -OCH3 is 1. The lowest BCUT2D eigenvalue weighted by Crippen LogP contribution is -2.33. The summed E-state index contributed by atoms with van der Waals surface area (Å²) in [5.41, 5.74) is 8.58. The molecule has 4 heteroatoms. The predicted octanol–water partition coefficient (Wildman–Crippen LogP) is 2.22. The van der Waals surface area contributed by atoms with Gasteiger partial charge in [0.2, 0.25) is 5.91 Å². The molecular formula is C15H24N2O2. The van der Waals surface area contributed by atoms with Crippen LogP contribution in [0.4, 0.5) is 0 Å². The molecule has 1 rings (SSSR count). The molecule has 0 fully saturated rings. The molecule has 0 heterocycles. The first-order chi connectivity index (χ1) is 8.79. The van der Waals surface area contributed by atoms with Crippen LogP contribution < -0.4 is 10.5 Å². The molecule has 1 aromatic rings. The van der Waals surface area contributed by atoms with Crippen molar-refractivity contribution in [1.82, 2.24) is 4.90 Å². The molecule has 1 aromatic carbocycles. The van der Waals surface area contributed by atoms with Crippen LogP contribution in [-0.2, 0) is 4.79 Å². The Bertz CT molecular complexity index is 467. The second-order valence-electron chi connectivity index (χ2n) is 5.37. The Kier molecular flexibility index (Phi) is 4.95. The summed E-state index contributed by atoms with van der Waals surface area (Å²) in [7, 11) is 5.38. The van der Waals surface area contributed by atoms with Gasteiger partial charge in [0.15, 0.2) is 0 Å². The number of nitrogens with zero attached hydrogens (tertiary/aromatic N) is 1. The third kappa shape index (κ3) is 3.26. The van der Waals surface area contributed by atoms with Crippen molar-refractivity contribution >= 4 is 5.91 Å². The van der Waals surface area contributed by atoms with Gasteiger partial charge in [0.25, 0.3) is 0 Å². The van der Waals surface area contributed by atoms with Crippen molar-refractivity contribution in [3.05, 3.63) is 28.8 Å². The molecule has 1 amide bonds. The van der Waals surface area contributed by atoms with E-state index >= 15 is 0 Å². The van der Waals surface area contributed by atoms with E-state index in [2.05, 4.69) is 13.8 Å². The maximum Gasteiger partial charge on any atom is 0.239 e. The number of aryl methyl sites for hydroxylation is 1. The molecule has 19 heavy (non-hydrogen) atoms. The molecule has 0 aliphatic rings. The van der Waals surface area contributed by atoms with Crippen LogP contribution in [0.15, 0.2) is 12.1 Å². The van der Waals surface area contributed by atoms with E-state index < -0.39 is 6.04 Å². The first kappa shape index (κ1) is 15.5. The zero-order valence-corrected chi connectivity index (χ0v) is 12.7. The maximum atomic E-state index is 11.7. The molecule has 0 saturated carbocycles. The number of rotatable bonds is 5. The molecule has 0 radical (unpaired) electrons. The smallest absolute Gasteiger partial charge is 0.239 e. The Morgan fingerprint density at radius 1 is 1.26 bits per heavy atom. The van der Waals surface area contributed by atoms with Crippen LogP contribution in [-0.4, -0.2) is 32.0 Å². The highest BCUT2D eigenvalue weighted by Crippen LogP contribution is 2.33. The lowest BCUT2D eigenvalue weighted by Gasteiger charge is -2.25. The summed E-state index contributed by atoms with van der Waals surface area (Å²) < 4.78 is 5.41. The number of primary amides is 1. The Hall–Kier alpha value is -1.55. The molecule has 0 bridgehead atoms. The molecule has 1 unspecified atom stereocenters. The van der Waals surface area contributed by atoms with Crippen LogP contribution in [0, 0.1) is 6.92 Å². The zero-order chi connectivity index (χ0) is 14.7. The average Bonchev–Trinajstić information content (AvgIpc) is 2.29. The largest absolute Gasteiger partial charge is 0.496 e. The van der Waals surface area contributed by atoms with Crippen LogP contribution in [0.25, 0.3) is 0 Å². The predicted molar refractivity (Wildman–Crippen MR) is 77.4 cm³/mol. The number of carbonyl (C=O) groups is 1. The van der Waals surface area contributed by atoms with Crippen molar-refractivity contribution in [3.8, 4) is 5.75 Å². The number of hydrogen-bond acceptors (Lipinski definition) is 3. The SMILES string of the molecule is COc1cc(C)c(C(C(N)=O)N(C)C)cc1C(C)C. The molecule has 106 valence electrons. The summed E-state index contributed by atoms with van der Waals surface area (Å²) in [6.45, 7) is 6.18. The van der Waals surface area contributed by atoms with Gasteiger partial charge in [-0.05, 0) is 55.8 Å². The van der Waals surface area contributed by atoms with Crippen molar-refractivity contribution in [2.24, 2.45) is 5.73 Å². The maximum absolute atomic E-state index is 11.7. The summed E-state index contributed by atoms with van der Waals surface area (Å²) in [5.74, 6) is 0.844. The molecule has 4 nitrogen and oxygen atoms in total. The topological polar surface area (TPSA) is 55.6 Å². The van der Waals surface area contributed by atoms with Crippen LogP contribution >= 0.6 is 0 Å². The summed E-state index contributed by atoms with van der Waals surface area (Å²) in [6.07, 6.45) is 0. The highest BCUT2D eigenvalue weighted by atomic mass is 16.5. The summed E-state index contributed by atoms with van der Waals surface area (Å²) in [5, 5.41) is 0. The molecule has 0 saturated heterocycles. The Balaban J connectivity index is 3.43. The highest BCUT2D eigenvalue weighted by Gasteiger charge is 2.24. The van der Waals surface area contributed by atoms with E-state index in [-0.39, 0.29) is 5.91 Å². The first-order valence-corrected chi connectivity index (χ1v) is 6.43. The fourth-order valence-electron chi connectivity index (χ4n) is 2.32. The molecule has 2 N–H and O–H groups in total. The van der Waals surface area contributed by atoms with Crippen molar-refractivity contribution in [2.75, 3.05) is 21.2 Å². The average molecular weight is 264 g/mol. The standard InChI is InChI=1S/C15H24N2O2/c1-9(2)11-8-12(10(3)7-13(11)19-6)14(15(16)18)17(4)5/h7-9,14H,1-6H3,(H2,16,18). The minimum absolute atomic E-state index is 0.324. The number of ether oxygens (including phenoxy) is 1. The van der Waals surface area contributed by atoms with Gasteiger partial charge < -0.3 is 10.5 Å². The van der Waals surface area contributed by atoms with Crippen molar-refractivity contribution in [2.45, 2.75) is 32.7 Å². The fraction of sp³-hybridized carbons (Fsp3) is 0.533. The van der Waals surface area contributed by atoms with E-state index in [0.29, 0.717) is 5.92 Å². The second-order valence-corrected chi connectivity index (χ2v) is 5.37. The van der Waals surface area contributed by atoms with E-state index in [4.69, 9.17) is 10.5 Å². The molecule has 0 spiro atoms. The number of hydrogen-bond donors (Lipinski definition) is 1. The van der Waals surface area contributed by atoms with Gasteiger partial charge >= 0.3 is 0 Å². The van der Waals surface area contributed by atoms with Gasteiger partial charge in [0.05, 0.1) is 7.11 Å². The van der Waals surface area contributed by atoms with Gasteiger partial charge in [-0.1, -0.05) is 13.8 Å². The monoisotopic (exact) mass is 264 g/mol. The van der Waals surface area contributed by atoms with Gasteiger partial charge in [-0.3, -0.25) is 9.69 Å². The minimum atomic E-state index is -0.414. The minimum Gasteiger partial charge on any atom is -0.496 e. The Morgan fingerprint density at radius 2 is 1.84 bits per heavy atom. The molecule has 0 aliphatic heterocycles. The fourth-order valence-corrected chi connectivity index (χ4v) is 2.32. The Labute approximate surface area is 115 Å². The zero-order valence-electron chi connectivity index (χ0n) is 12.7. The summed E-state index contributed by atoms with van der Waals surface area (Å²) in [4.78, 5) is 13.5. The van der Waals surface area contributed by atoms with E-state index in [1.165, 1.54) is 0 Å². The highest BCUT2D eigenvalue weighted by molar-refractivity contribution is 5.82. The number of carbonyl (C=O) groups excluding carboxylic acids is 1. The van der Waals surface area contributed by atoms with Crippen LogP contribution in [0.3, 0.4) is 0 Å². The van der Waals surface area contributed by atoms with Crippen LogP contribution in [0.5, 0.6) is 5.75 Å². The molecule has 0 aromatic heterocycles. The summed E-state index contributed by atoms with van der Waals surface area (Å²) in [6, 6.07) is 3.60. The van der Waals surface area contributed by atoms with E-state index in [0.717, 1.165) is 22.4 Å². The molecule has 0 aliphatic carbocycles. The number of benzene rings is 1. The van der Waals surface area contributed by atoms with Gasteiger partial charge in [-0.2, -0.15) is 0 Å². The number of amides is 1. The molecular weight excluding hydrogens is 240 g/mol. The van der Waals surface area contributed by atoms with Gasteiger partial charge in [0.1, 0.15) is 11.8 Å². The van der Waals surface area contributed by atoms with E-state index in [1.54, 1.807) is 7.11 Å². The number of nitrogens with two attached hydrogens (primary N) is 1. The lowest BCUT2D eigenvalue weighted by molar-refractivity contribution is -0.122. The van der Waals surface area contributed by atoms with Crippen molar-refractivity contribution in [3.63, 3.8) is 0 Å². The summed E-state index contributed by atoms with van der Waals surface area (Å²) >= 11 is 0. The van der Waals surface area contributed by atoms with Crippen LogP contribution in [0.1, 0.15) is 42.5 Å². The van der Waals surface area contributed by atoms with E-state index in [1.807, 2.05) is 38.1 Å². The van der Waals surface area contributed by atoms with E-state index in [9.17, 15) is 4.79 Å². The van der Waals surface area contributed by atoms with Crippen molar-refractivity contribution in [1.29, 1.82) is 0 Å². The normalized spacial score (nSPS) is 12.8. The first-order valence-electron chi connectivity index (χ1n) is 6.43.